The minimum absolute atomic E-state index is 0.0445. The first-order valence-electron chi connectivity index (χ1n) is 6.68. The number of thiophene rings is 1. The van der Waals surface area contributed by atoms with Gasteiger partial charge >= 0.3 is 5.97 Å². The lowest BCUT2D eigenvalue weighted by atomic mass is 10.0. The molecule has 0 aliphatic carbocycles. The number of hydrogen-bond donors (Lipinski definition) is 1. The smallest absolute Gasteiger partial charge is 0.341 e. The van der Waals surface area contributed by atoms with Crippen LogP contribution < -0.4 is 5.32 Å². The molecule has 0 bridgehead atoms. The third kappa shape index (κ3) is 3.48. The number of esters is 1. The van der Waals surface area contributed by atoms with Crippen LogP contribution in [-0.4, -0.2) is 28.0 Å². The van der Waals surface area contributed by atoms with Crippen molar-refractivity contribution in [3.63, 3.8) is 0 Å². The van der Waals surface area contributed by atoms with E-state index < -0.39 is 5.97 Å². The zero-order chi connectivity index (χ0) is 17.1. The van der Waals surface area contributed by atoms with Crippen LogP contribution in [0.15, 0.2) is 35.7 Å². The third-order valence-electron chi connectivity index (χ3n) is 3.07. The Morgan fingerprint density at radius 2 is 1.79 bits per heavy atom. The Morgan fingerprint density at radius 1 is 1.12 bits per heavy atom. The topological polar surface area (TPSA) is 77.0 Å². The summed E-state index contributed by atoms with van der Waals surface area (Å²) in [5, 5.41) is 5.24. The van der Waals surface area contributed by atoms with Crippen LogP contribution in [-0.2, 0) is 4.74 Å². The summed E-state index contributed by atoms with van der Waals surface area (Å²) in [6.45, 7) is 0. The number of ether oxygens (including phenoxy) is 1. The van der Waals surface area contributed by atoms with E-state index in [2.05, 4.69) is 20.3 Å². The molecule has 0 radical (unpaired) electrons. The first-order valence-corrected chi connectivity index (χ1v) is 8.31. The quantitative estimate of drug-likeness (QED) is 0.674. The molecule has 24 heavy (non-hydrogen) atoms. The van der Waals surface area contributed by atoms with E-state index in [0.29, 0.717) is 10.6 Å². The normalized spacial score (nSPS) is 10.5. The Kier molecular flexibility index (Phi) is 4.94. The fraction of sp³-hybridized carbons (Fsp3) is 0.0667. The number of carbonyl (C=O) groups is 1. The maximum Gasteiger partial charge on any atom is 0.341 e. The van der Waals surface area contributed by atoms with Crippen molar-refractivity contribution in [1.82, 2.24) is 15.0 Å². The van der Waals surface area contributed by atoms with Gasteiger partial charge in [-0.05, 0) is 28.8 Å². The number of nitrogens with one attached hydrogen (secondary N) is 1. The van der Waals surface area contributed by atoms with Crippen LogP contribution in [0.25, 0.3) is 11.1 Å². The van der Waals surface area contributed by atoms with Gasteiger partial charge in [0.2, 0.25) is 16.5 Å². The number of anilines is 2. The van der Waals surface area contributed by atoms with Crippen molar-refractivity contribution in [2.45, 2.75) is 0 Å². The van der Waals surface area contributed by atoms with Crippen LogP contribution >= 0.6 is 34.5 Å². The molecule has 9 heteroatoms. The van der Waals surface area contributed by atoms with E-state index in [0.717, 1.165) is 11.1 Å². The number of methoxy groups -OCH3 is 1. The summed E-state index contributed by atoms with van der Waals surface area (Å²) in [6.07, 6.45) is 0. The van der Waals surface area contributed by atoms with Crippen LogP contribution in [0.4, 0.5) is 10.9 Å². The lowest BCUT2D eigenvalue weighted by Crippen LogP contribution is -2.06. The molecule has 0 amide bonds. The zero-order valence-electron chi connectivity index (χ0n) is 12.3. The van der Waals surface area contributed by atoms with Crippen LogP contribution in [0.3, 0.4) is 0 Å². The van der Waals surface area contributed by atoms with Crippen molar-refractivity contribution in [3.8, 4) is 11.1 Å². The molecule has 2 aromatic heterocycles. The number of nitrogens with zero attached hydrogens (tertiary/aromatic N) is 3. The first-order chi connectivity index (χ1) is 11.6. The zero-order valence-corrected chi connectivity index (χ0v) is 14.6. The maximum absolute atomic E-state index is 12.3. The predicted molar refractivity (Wildman–Crippen MR) is 94.2 cm³/mol. The molecule has 3 aromatic rings. The Labute approximate surface area is 151 Å². The van der Waals surface area contributed by atoms with Gasteiger partial charge in [0.15, 0.2) is 0 Å². The Bertz CT molecular complexity index is 866. The molecule has 0 spiro atoms. The van der Waals surface area contributed by atoms with Crippen LogP contribution in [0, 0.1) is 0 Å². The van der Waals surface area contributed by atoms with Gasteiger partial charge in [0.1, 0.15) is 10.6 Å². The van der Waals surface area contributed by atoms with E-state index in [1.807, 2.05) is 35.7 Å². The van der Waals surface area contributed by atoms with Gasteiger partial charge in [0, 0.05) is 10.9 Å². The molecule has 2 heterocycles. The highest BCUT2D eigenvalue weighted by atomic mass is 35.5. The Hall–Kier alpha value is -2.22. The predicted octanol–water partition coefficient (Wildman–Crippen LogP) is 4.44. The van der Waals surface area contributed by atoms with E-state index in [-0.39, 0.29) is 16.5 Å². The summed E-state index contributed by atoms with van der Waals surface area (Å²) >= 11 is 12.9. The van der Waals surface area contributed by atoms with Crippen LogP contribution in [0.2, 0.25) is 10.6 Å². The summed E-state index contributed by atoms with van der Waals surface area (Å²) in [5.41, 5.74) is 2.04. The van der Waals surface area contributed by atoms with E-state index in [9.17, 15) is 4.79 Å². The van der Waals surface area contributed by atoms with E-state index >= 15 is 0 Å². The number of rotatable bonds is 4. The van der Waals surface area contributed by atoms with Crippen molar-refractivity contribution in [2.75, 3.05) is 12.4 Å². The fourth-order valence-electron chi connectivity index (χ4n) is 2.07. The van der Waals surface area contributed by atoms with Gasteiger partial charge in [-0.15, -0.1) is 11.3 Å². The van der Waals surface area contributed by atoms with Crippen molar-refractivity contribution >= 4 is 51.5 Å². The summed E-state index contributed by atoms with van der Waals surface area (Å²) in [5.74, 6) is -0.324. The van der Waals surface area contributed by atoms with Gasteiger partial charge < -0.3 is 10.1 Å². The summed E-state index contributed by atoms with van der Waals surface area (Å²) < 4.78 is 4.91. The molecule has 122 valence electrons. The molecular weight excluding hydrogens is 371 g/mol. The Balaban J connectivity index is 2.05. The van der Waals surface area contributed by atoms with E-state index in [4.69, 9.17) is 27.9 Å². The second-order valence-corrected chi connectivity index (χ2v) is 6.09. The van der Waals surface area contributed by atoms with Crippen LogP contribution in [0.5, 0.6) is 0 Å². The largest absolute Gasteiger partial charge is 0.465 e. The Morgan fingerprint density at radius 3 is 2.42 bits per heavy atom. The van der Waals surface area contributed by atoms with Gasteiger partial charge in [-0.3, -0.25) is 0 Å². The molecule has 0 unspecified atom stereocenters. The summed E-state index contributed by atoms with van der Waals surface area (Å²) in [7, 11) is 1.33. The van der Waals surface area contributed by atoms with Crippen molar-refractivity contribution in [2.24, 2.45) is 0 Å². The van der Waals surface area contributed by atoms with Crippen molar-refractivity contribution < 1.29 is 9.53 Å². The second-order valence-electron chi connectivity index (χ2n) is 4.53. The molecule has 0 saturated heterocycles. The van der Waals surface area contributed by atoms with Gasteiger partial charge in [-0.25, -0.2) is 4.79 Å². The number of halogens is 2. The van der Waals surface area contributed by atoms with Crippen LogP contribution in [0.1, 0.15) is 10.4 Å². The molecule has 0 fully saturated rings. The molecule has 3 rings (SSSR count). The third-order valence-corrected chi connectivity index (χ3v) is 4.31. The number of carbonyl (C=O) groups excluding carboxylic acids is 1. The maximum atomic E-state index is 12.3. The second kappa shape index (κ2) is 7.12. The summed E-state index contributed by atoms with van der Waals surface area (Å²) in [4.78, 5) is 23.8. The molecule has 0 atom stereocenters. The number of hydrogen-bond acceptors (Lipinski definition) is 7. The molecule has 0 aliphatic rings. The SMILES string of the molecule is COC(=O)c1c(-c2ccccc2)csc1Nc1nc(Cl)nc(Cl)n1. The van der Waals surface area contributed by atoms with Crippen molar-refractivity contribution in [3.05, 3.63) is 51.8 Å². The molecule has 0 aliphatic heterocycles. The first kappa shape index (κ1) is 16.6. The lowest BCUT2D eigenvalue weighted by molar-refractivity contribution is 0.0603. The minimum atomic E-state index is -0.469. The van der Waals surface area contributed by atoms with Gasteiger partial charge in [-0.2, -0.15) is 15.0 Å². The highest BCUT2D eigenvalue weighted by Gasteiger charge is 2.21. The van der Waals surface area contributed by atoms with Crippen molar-refractivity contribution in [1.29, 1.82) is 0 Å². The molecule has 1 aromatic carbocycles. The molecule has 6 nitrogen and oxygen atoms in total. The summed E-state index contributed by atoms with van der Waals surface area (Å²) in [6, 6.07) is 9.52. The minimum Gasteiger partial charge on any atom is -0.465 e. The lowest BCUT2D eigenvalue weighted by Gasteiger charge is -2.07. The van der Waals surface area contributed by atoms with E-state index in [1.54, 1.807) is 0 Å². The van der Waals surface area contributed by atoms with Gasteiger partial charge in [-0.1, -0.05) is 30.3 Å². The average molecular weight is 381 g/mol. The number of benzene rings is 1. The monoisotopic (exact) mass is 380 g/mol. The molecular formula is C15H10Cl2N4O2S. The van der Waals surface area contributed by atoms with E-state index in [1.165, 1.54) is 18.4 Å². The fourth-order valence-corrected chi connectivity index (χ4v) is 3.38. The standard InChI is InChI=1S/C15H10Cl2N4O2S/c1-23-12(22)10-9(8-5-3-2-4-6-8)7-24-11(10)18-15-20-13(16)19-14(17)21-15/h2-7H,1H3,(H,18,19,20,21). The highest BCUT2D eigenvalue weighted by Crippen LogP contribution is 2.37. The number of aromatic nitrogens is 3. The van der Waals surface area contributed by atoms with Gasteiger partial charge in [0.25, 0.3) is 0 Å². The molecule has 0 saturated carbocycles. The van der Waals surface area contributed by atoms with Gasteiger partial charge in [0.05, 0.1) is 7.11 Å². The molecule has 1 N–H and O–H groups in total. The highest BCUT2D eigenvalue weighted by molar-refractivity contribution is 7.15. The average Bonchev–Trinajstić information content (AvgIpc) is 2.97.